The van der Waals surface area contributed by atoms with Crippen molar-refractivity contribution >= 4 is 54.2 Å². The highest BCUT2D eigenvalue weighted by atomic mass is 35.5. The van der Waals surface area contributed by atoms with Crippen molar-refractivity contribution in [2.24, 2.45) is 5.92 Å². The minimum absolute atomic E-state index is 0.0616. The number of ether oxygens (including phenoxy) is 1. The summed E-state index contributed by atoms with van der Waals surface area (Å²) in [5.74, 6) is -0.564. The van der Waals surface area contributed by atoms with Crippen LogP contribution in [0.3, 0.4) is 0 Å². The number of amides is 1. The lowest BCUT2D eigenvalue weighted by atomic mass is 9.98. The van der Waals surface area contributed by atoms with Crippen molar-refractivity contribution in [1.82, 2.24) is 9.29 Å². The van der Waals surface area contributed by atoms with Crippen LogP contribution in [0.4, 0.5) is 5.13 Å². The molecular formula is C26H30ClN3O4S2. The number of piperidine rings is 1. The van der Waals surface area contributed by atoms with E-state index in [4.69, 9.17) is 21.3 Å². The standard InChI is InChI=1S/C26H30ClN3O4S2/c1-17-7-10-21(11-8-17)36(32,33)29-13-3-5-19(15-29)25(31)30(16-20-6-4-14-34-20)26-28-23-18(2)9-12-22(27)24(23)35-26/h7-12,19-20H,3-6,13-16H2,1-2H3. The molecule has 0 radical (unpaired) electrons. The molecule has 2 aliphatic heterocycles. The Morgan fingerprint density at radius 3 is 2.64 bits per heavy atom. The first-order valence-corrected chi connectivity index (χ1v) is 14.9. The average Bonchev–Trinajstić information content (AvgIpc) is 3.56. The predicted molar refractivity (Wildman–Crippen MR) is 143 cm³/mol. The molecule has 2 unspecified atom stereocenters. The SMILES string of the molecule is Cc1ccc(S(=O)(=O)N2CCCC(C(=O)N(CC3CCCO3)c3nc4c(C)ccc(Cl)c4s3)C2)cc1. The molecule has 192 valence electrons. The van der Waals surface area contributed by atoms with Crippen molar-refractivity contribution in [2.75, 3.05) is 31.1 Å². The summed E-state index contributed by atoms with van der Waals surface area (Å²) in [6.07, 6.45) is 3.04. The van der Waals surface area contributed by atoms with E-state index in [1.54, 1.807) is 29.2 Å². The summed E-state index contributed by atoms with van der Waals surface area (Å²) >= 11 is 7.85. The lowest BCUT2D eigenvalue weighted by Crippen LogP contribution is -2.48. The summed E-state index contributed by atoms with van der Waals surface area (Å²) in [4.78, 5) is 20.7. The first-order valence-electron chi connectivity index (χ1n) is 12.3. The lowest BCUT2D eigenvalue weighted by Gasteiger charge is -2.34. The maximum Gasteiger partial charge on any atom is 0.243 e. The molecule has 0 N–H and O–H groups in total. The van der Waals surface area contributed by atoms with Gasteiger partial charge in [-0.2, -0.15) is 4.31 Å². The van der Waals surface area contributed by atoms with Gasteiger partial charge in [0.05, 0.1) is 38.7 Å². The third-order valence-corrected chi connectivity index (χ3v) is 10.4. The quantitative estimate of drug-likeness (QED) is 0.425. The summed E-state index contributed by atoms with van der Waals surface area (Å²) in [6.45, 7) is 5.54. The van der Waals surface area contributed by atoms with Gasteiger partial charge in [0.15, 0.2) is 5.13 Å². The topological polar surface area (TPSA) is 79.8 Å². The largest absolute Gasteiger partial charge is 0.376 e. The van der Waals surface area contributed by atoms with Crippen molar-refractivity contribution in [3.8, 4) is 0 Å². The molecule has 36 heavy (non-hydrogen) atoms. The Labute approximate surface area is 221 Å². The van der Waals surface area contributed by atoms with Gasteiger partial charge < -0.3 is 4.74 Å². The van der Waals surface area contributed by atoms with Crippen molar-refractivity contribution in [3.63, 3.8) is 0 Å². The van der Waals surface area contributed by atoms with E-state index < -0.39 is 15.9 Å². The highest BCUT2D eigenvalue weighted by molar-refractivity contribution is 7.89. The minimum atomic E-state index is -3.68. The number of anilines is 1. The molecule has 0 bridgehead atoms. The summed E-state index contributed by atoms with van der Waals surface area (Å²) in [5.41, 5.74) is 2.78. The first-order chi connectivity index (χ1) is 17.2. The number of nitrogens with zero attached hydrogens (tertiary/aromatic N) is 3. The van der Waals surface area contributed by atoms with Crippen molar-refractivity contribution in [3.05, 3.63) is 52.5 Å². The number of halogens is 1. The van der Waals surface area contributed by atoms with E-state index in [1.165, 1.54) is 15.6 Å². The van der Waals surface area contributed by atoms with Gasteiger partial charge in [-0.3, -0.25) is 9.69 Å². The molecule has 2 fully saturated rings. The fourth-order valence-corrected chi connectivity index (χ4v) is 7.76. The summed E-state index contributed by atoms with van der Waals surface area (Å²) in [6, 6.07) is 10.6. The number of benzene rings is 2. The Morgan fingerprint density at radius 2 is 1.94 bits per heavy atom. The van der Waals surface area contributed by atoms with Gasteiger partial charge in [-0.05, 0) is 63.3 Å². The van der Waals surface area contributed by atoms with Gasteiger partial charge in [0, 0.05) is 19.7 Å². The average molecular weight is 548 g/mol. The molecule has 0 spiro atoms. The molecule has 1 aromatic heterocycles. The molecule has 2 aliphatic rings. The van der Waals surface area contributed by atoms with Gasteiger partial charge in [-0.15, -0.1) is 0 Å². The molecule has 2 aromatic carbocycles. The zero-order valence-electron chi connectivity index (χ0n) is 20.4. The molecule has 3 heterocycles. The number of fused-ring (bicyclic) bond motifs is 1. The van der Waals surface area contributed by atoms with Gasteiger partial charge in [0.1, 0.15) is 0 Å². The fraction of sp³-hybridized carbons (Fsp3) is 0.462. The Balaban J connectivity index is 1.44. The maximum absolute atomic E-state index is 14.0. The van der Waals surface area contributed by atoms with Crippen LogP contribution in [0, 0.1) is 19.8 Å². The fourth-order valence-electron chi connectivity index (χ4n) is 4.90. The molecule has 2 saturated heterocycles. The normalized spacial score (nSPS) is 21.2. The van der Waals surface area contributed by atoms with Crippen LogP contribution in [0.25, 0.3) is 10.2 Å². The molecular weight excluding hydrogens is 518 g/mol. The number of carbonyl (C=O) groups excluding carboxylic acids is 1. The number of aryl methyl sites for hydroxylation is 2. The number of thiazole rings is 1. The number of sulfonamides is 1. The van der Waals surface area contributed by atoms with Crippen LogP contribution in [-0.4, -0.2) is 56.0 Å². The monoisotopic (exact) mass is 547 g/mol. The van der Waals surface area contributed by atoms with E-state index >= 15 is 0 Å². The van der Waals surface area contributed by atoms with Crippen molar-refractivity contribution in [2.45, 2.75) is 50.5 Å². The van der Waals surface area contributed by atoms with Gasteiger partial charge in [0.2, 0.25) is 15.9 Å². The van der Waals surface area contributed by atoms with Crippen LogP contribution in [-0.2, 0) is 19.6 Å². The van der Waals surface area contributed by atoms with E-state index in [1.807, 2.05) is 26.0 Å². The van der Waals surface area contributed by atoms with Gasteiger partial charge in [-0.25, -0.2) is 13.4 Å². The second-order valence-electron chi connectivity index (χ2n) is 9.64. The van der Waals surface area contributed by atoms with E-state index in [0.717, 1.165) is 34.2 Å². The summed E-state index contributed by atoms with van der Waals surface area (Å²) < 4.78 is 34.8. The molecule has 10 heteroatoms. The Bertz CT molecular complexity index is 1330. The minimum Gasteiger partial charge on any atom is -0.376 e. The molecule has 7 nitrogen and oxygen atoms in total. The van der Waals surface area contributed by atoms with Crippen molar-refractivity contribution in [1.29, 1.82) is 0 Å². The number of aromatic nitrogens is 1. The molecule has 0 aliphatic carbocycles. The van der Waals surface area contributed by atoms with Crippen LogP contribution < -0.4 is 4.90 Å². The van der Waals surface area contributed by atoms with Crippen molar-refractivity contribution < 1.29 is 17.9 Å². The summed E-state index contributed by atoms with van der Waals surface area (Å²) in [7, 11) is -3.68. The maximum atomic E-state index is 14.0. The molecule has 3 aromatic rings. The molecule has 2 atom stereocenters. The van der Waals surface area contributed by atoms with Crippen LogP contribution in [0.2, 0.25) is 5.02 Å². The Kier molecular flexibility index (Phi) is 7.38. The molecule has 5 rings (SSSR count). The smallest absolute Gasteiger partial charge is 0.243 e. The van der Waals surface area contributed by atoms with Gasteiger partial charge in [-0.1, -0.05) is 46.7 Å². The third-order valence-electron chi connectivity index (χ3n) is 6.99. The van der Waals surface area contributed by atoms with Crippen LogP contribution >= 0.6 is 22.9 Å². The van der Waals surface area contributed by atoms with E-state index in [-0.39, 0.29) is 23.5 Å². The second kappa shape index (κ2) is 10.4. The Hall–Kier alpha value is -2.04. The first kappa shape index (κ1) is 25.6. The third kappa shape index (κ3) is 5.04. The Morgan fingerprint density at radius 1 is 1.17 bits per heavy atom. The van der Waals surface area contributed by atoms with E-state index in [2.05, 4.69) is 0 Å². The number of hydrogen-bond donors (Lipinski definition) is 0. The van der Waals surface area contributed by atoms with Crippen LogP contribution in [0.5, 0.6) is 0 Å². The lowest BCUT2D eigenvalue weighted by molar-refractivity contribution is -0.123. The van der Waals surface area contributed by atoms with E-state index in [9.17, 15) is 13.2 Å². The molecule has 0 saturated carbocycles. The van der Waals surface area contributed by atoms with Crippen LogP contribution in [0.15, 0.2) is 41.3 Å². The summed E-state index contributed by atoms with van der Waals surface area (Å²) in [5, 5.41) is 1.19. The number of hydrogen-bond acceptors (Lipinski definition) is 6. The highest BCUT2D eigenvalue weighted by Crippen LogP contribution is 2.37. The van der Waals surface area contributed by atoms with Gasteiger partial charge in [0.25, 0.3) is 0 Å². The highest BCUT2D eigenvalue weighted by Gasteiger charge is 2.37. The zero-order valence-corrected chi connectivity index (χ0v) is 22.8. The predicted octanol–water partition coefficient (Wildman–Crippen LogP) is 5.18. The van der Waals surface area contributed by atoms with Gasteiger partial charge >= 0.3 is 0 Å². The second-order valence-corrected chi connectivity index (χ2v) is 13.0. The van der Waals surface area contributed by atoms with E-state index in [0.29, 0.717) is 42.7 Å². The zero-order chi connectivity index (χ0) is 25.4. The number of carbonyl (C=O) groups is 1. The number of rotatable bonds is 6. The molecule has 1 amide bonds. The van der Waals surface area contributed by atoms with Crippen LogP contribution in [0.1, 0.15) is 36.8 Å².